The fourth-order valence-corrected chi connectivity index (χ4v) is 5.17. The summed E-state index contributed by atoms with van der Waals surface area (Å²) in [6.07, 6.45) is 1.17. The monoisotopic (exact) mass is 497 g/mol. The molecule has 0 fully saturated rings. The Morgan fingerprint density at radius 3 is 2.52 bits per heavy atom. The van der Waals surface area contributed by atoms with Crippen LogP contribution in [0.4, 0.5) is 13.9 Å². The Balaban J connectivity index is 2.09. The number of sulfonamides is 1. The van der Waals surface area contributed by atoms with Crippen molar-refractivity contribution in [1.82, 2.24) is 9.36 Å². The smallest absolute Gasteiger partial charge is 0.269 e. The summed E-state index contributed by atoms with van der Waals surface area (Å²) in [6, 6.07) is 6.15. The number of hydrogen-bond donors (Lipinski definition) is 0. The molecule has 3 rings (SSSR count). The third-order valence-electron chi connectivity index (χ3n) is 4.58. The van der Waals surface area contributed by atoms with Crippen LogP contribution in [0.15, 0.2) is 48.1 Å². The maximum atomic E-state index is 15.0. The van der Waals surface area contributed by atoms with E-state index in [1.165, 1.54) is 20.5 Å². The van der Waals surface area contributed by atoms with E-state index in [4.69, 9.17) is 14.2 Å². The lowest BCUT2D eigenvalue weighted by Crippen LogP contribution is -2.31. The summed E-state index contributed by atoms with van der Waals surface area (Å²) in [5.74, 6) is -1.42. The minimum absolute atomic E-state index is 0.0320. The van der Waals surface area contributed by atoms with Gasteiger partial charge in [0.05, 0.1) is 32.9 Å². The van der Waals surface area contributed by atoms with Gasteiger partial charge in [0.15, 0.2) is 0 Å². The van der Waals surface area contributed by atoms with Crippen molar-refractivity contribution in [3.8, 4) is 11.5 Å². The van der Waals surface area contributed by atoms with Gasteiger partial charge in [0.2, 0.25) is 5.13 Å². The predicted octanol–water partition coefficient (Wildman–Crippen LogP) is 4.24. The van der Waals surface area contributed by atoms with Crippen molar-refractivity contribution in [2.75, 3.05) is 25.1 Å². The van der Waals surface area contributed by atoms with Gasteiger partial charge in [-0.1, -0.05) is 6.58 Å². The molecule has 12 heteroatoms. The zero-order valence-corrected chi connectivity index (χ0v) is 19.7. The quantitative estimate of drug-likeness (QED) is 0.387. The van der Waals surface area contributed by atoms with Crippen LogP contribution in [-0.2, 0) is 21.3 Å². The van der Waals surface area contributed by atoms with Gasteiger partial charge in [-0.15, -0.1) is 0 Å². The fourth-order valence-electron chi connectivity index (χ4n) is 2.98. The molecule has 0 aliphatic heterocycles. The first kappa shape index (κ1) is 24.4. The first-order valence-electron chi connectivity index (χ1n) is 9.54. The van der Waals surface area contributed by atoms with Gasteiger partial charge >= 0.3 is 0 Å². The highest BCUT2D eigenvalue weighted by atomic mass is 32.2. The molecule has 0 saturated carbocycles. The van der Waals surface area contributed by atoms with Crippen molar-refractivity contribution >= 4 is 32.4 Å². The predicted molar refractivity (Wildman–Crippen MR) is 120 cm³/mol. The second-order valence-electron chi connectivity index (χ2n) is 6.53. The second kappa shape index (κ2) is 10.1. The van der Waals surface area contributed by atoms with Gasteiger partial charge in [-0.2, -0.15) is 4.37 Å². The Morgan fingerprint density at radius 1 is 1.15 bits per heavy atom. The Morgan fingerprint density at radius 2 is 1.91 bits per heavy atom. The van der Waals surface area contributed by atoms with Crippen LogP contribution in [0.2, 0.25) is 0 Å². The van der Waals surface area contributed by atoms with Crippen LogP contribution in [0.3, 0.4) is 0 Å². The molecule has 0 atom stereocenters. The third kappa shape index (κ3) is 5.06. The number of nitrogens with zero attached hydrogens (tertiary/aromatic N) is 3. The molecular formula is C21H21F2N3O5S2. The lowest BCUT2D eigenvalue weighted by atomic mass is 10.2. The average Bonchev–Trinajstić information content (AvgIpc) is 3.32. The molecule has 176 valence electrons. The summed E-state index contributed by atoms with van der Waals surface area (Å²) in [5.41, 5.74) is 0.173. The van der Waals surface area contributed by atoms with Gasteiger partial charge in [-0.3, -0.25) is 0 Å². The van der Waals surface area contributed by atoms with Crippen LogP contribution in [0, 0.1) is 11.6 Å². The molecule has 0 N–H and O–H groups in total. The number of aromatic nitrogens is 2. The van der Waals surface area contributed by atoms with Crippen molar-refractivity contribution < 1.29 is 31.4 Å². The fraction of sp³-hybridized carbons (Fsp3) is 0.238. The number of halogens is 2. The maximum Gasteiger partial charge on any atom is 0.269 e. The number of methoxy groups -OCH3 is 2. The molecule has 0 aliphatic rings. The van der Waals surface area contributed by atoms with E-state index < -0.39 is 26.6 Å². The van der Waals surface area contributed by atoms with Crippen LogP contribution in [-0.4, -0.2) is 38.6 Å². The van der Waals surface area contributed by atoms with E-state index in [-0.39, 0.29) is 29.6 Å². The maximum absolute atomic E-state index is 15.0. The lowest BCUT2D eigenvalue weighted by Gasteiger charge is -2.23. The number of rotatable bonds is 10. The minimum atomic E-state index is -4.60. The highest BCUT2D eigenvalue weighted by Gasteiger charge is 2.32. The van der Waals surface area contributed by atoms with Gasteiger partial charge < -0.3 is 14.2 Å². The Kier molecular flexibility index (Phi) is 7.49. The van der Waals surface area contributed by atoms with Gasteiger partial charge in [0, 0.05) is 23.2 Å². The zero-order valence-electron chi connectivity index (χ0n) is 18.0. The van der Waals surface area contributed by atoms with Gasteiger partial charge in [0.25, 0.3) is 10.0 Å². The summed E-state index contributed by atoms with van der Waals surface area (Å²) in [7, 11) is -1.70. The van der Waals surface area contributed by atoms with E-state index in [2.05, 4.69) is 15.9 Å². The van der Waals surface area contributed by atoms with E-state index in [0.717, 1.165) is 21.9 Å². The van der Waals surface area contributed by atoms with Crippen LogP contribution in [0.5, 0.6) is 11.5 Å². The lowest BCUT2D eigenvalue weighted by molar-refractivity contribution is 0.297. The summed E-state index contributed by atoms with van der Waals surface area (Å²) in [6.45, 7) is 5.11. The molecule has 0 bridgehead atoms. The molecule has 0 unspecified atom stereocenters. The van der Waals surface area contributed by atoms with E-state index >= 15 is 0 Å². The molecule has 0 spiro atoms. The van der Waals surface area contributed by atoms with Crippen molar-refractivity contribution in [3.63, 3.8) is 0 Å². The highest BCUT2D eigenvalue weighted by Crippen LogP contribution is 2.33. The van der Waals surface area contributed by atoms with E-state index in [9.17, 15) is 17.2 Å². The molecular weight excluding hydrogens is 476 g/mol. The molecule has 0 amide bonds. The molecule has 0 saturated heterocycles. The molecule has 8 nitrogen and oxygen atoms in total. The van der Waals surface area contributed by atoms with Gasteiger partial charge in [-0.05, 0) is 31.2 Å². The topological polar surface area (TPSA) is 90.9 Å². The SMILES string of the molecule is C=C(OCC)c1cc(F)c(S(=O)(=O)N(Cc2ccc(OC)cc2OC)c2ncns2)cc1F. The summed E-state index contributed by atoms with van der Waals surface area (Å²) in [4.78, 5) is 3.09. The van der Waals surface area contributed by atoms with Crippen LogP contribution in [0.25, 0.3) is 5.76 Å². The average molecular weight is 498 g/mol. The van der Waals surface area contributed by atoms with Gasteiger partial charge in [-0.25, -0.2) is 26.5 Å². The van der Waals surface area contributed by atoms with Crippen molar-refractivity contribution in [2.24, 2.45) is 0 Å². The van der Waals surface area contributed by atoms with Crippen molar-refractivity contribution in [1.29, 1.82) is 0 Å². The normalized spacial score (nSPS) is 11.2. The number of ether oxygens (including phenoxy) is 3. The molecule has 1 aromatic heterocycles. The zero-order chi connectivity index (χ0) is 24.2. The minimum Gasteiger partial charge on any atom is -0.497 e. The Bertz CT molecular complexity index is 1250. The van der Waals surface area contributed by atoms with Crippen LogP contribution >= 0.6 is 11.5 Å². The highest BCUT2D eigenvalue weighted by molar-refractivity contribution is 7.93. The largest absolute Gasteiger partial charge is 0.497 e. The third-order valence-corrected chi connectivity index (χ3v) is 7.14. The molecule has 3 aromatic rings. The molecule has 2 aromatic carbocycles. The molecule has 1 heterocycles. The Labute approximate surface area is 194 Å². The Hall–Kier alpha value is -3.25. The first-order chi connectivity index (χ1) is 15.7. The van der Waals surface area contributed by atoms with Crippen molar-refractivity contribution in [2.45, 2.75) is 18.4 Å². The summed E-state index contributed by atoms with van der Waals surface area (Å²) >= 11 is 0.787. The molecule has 0 aliphatic carbocycles. The van der Waals surface area contributed by atoms with Crippen LogP contribution in [0.1, 0.15) is 18.1 Å². The van der Waals surface area contributed by atoms with E-state index in [1.807, 2.05) is 0 Å². The standard InChI is InChI=1S/C21H21F2N3O5S2/c1-5-31-13(2)16-9-18(23)20(10-17(16)22)33(27,28)26(21-24-12-25-32-21)11-14-6-7-15(29-3)8-19(14)30-4/h6-10,12H,2,5,11H2,1,3-4H3. The second-order valence-corrected chi connectivity index (χ2v) is 9.12. The number of benzene rings is 2. The summed E-state index contributed by atoms with van der Waals surface area (Å²) < 4.78 is 76.9. The summed E-state index contributed by atoms with van der Waals surface area (Å²) in [5, 5.41) is -0.0320. The van der Waals surface area contributed by atoms with Crippen LogP contribution < -0.4 is 13.8 Å². The van der Waals surface area contributed by atoms with E-state index in [0.29, 0.717) is 23.1 Å². The van der Waals surface area contributed by atoms with Gasteiger partial charge in [0.1, 0.15) is 40.1 Å². The van der Waals surface area contributed by atoms with E-state index in [1.54, 1.807) is 25.1 Å². The van der Waals surface area contributed by atoms with Crippen molar-refractivity contribution in [3.05, 3.63) is 66.0 Å². The molecule has 0 radical (unpaired) electrons. The molecule has 33 heavy (non-hydrogen) atoms. The first-order valence-corrected chi connectivity index (χ1v) is 11.8. The number of hydrogen-bond acceptors (Lipinski definition) is 8. The number of anilines is 1.